The molecule has 0 saturated carbocycles. The zero-order valence-corrected chi connectivity index (χ0v) is 11.3. The van der Waals surface area contributed by atoms with Crippen LogP contribution < -0.4 is 5.32 Å². The van der Waals surface area contributed by atoms with Crippen LogP contribution in [0.25, 0.3) is 0 Å². The lowest BCUT2D eigenvalue weighted by Crippen LogP contribution is -2.49. The van der Waals surface area contributed by atoms with E-state index in [2.05, 4.69) is 19.2 Å². The molecule has 0 aliphatic carbocycles. The minimum absolute atomic E-state index is 0. The molecular formula is C12H25ClN2O. The highest BCUT2D eigenvalue weighted by molar-refractivity contribution is 5.85. The highest BCUT2D eigenvalue weighted by Crippen LogP contribution is 2.10. The van der Waals surface area contributed by atoms with Crippen LogP contribution in [0.1, 0.15) is 46.0 Å². The van der Waals surface area contributed by atoms with E-state index < -0.39 is 0 Å². The zero-order valence-electron chi connectivity index (χ0n) is 10.5. The second-order valence-electron chi connectivity index (χ2n) is 4.33. The fraction of sp³-hybridized carbons (Fsp3) is 0.917. The molecule has 0 aromatic heterocycles. The largest absolute Gasteiger partial charge is 0.341 e. The van der Waals surface area contributed by atoms with Crippen LogP contribution in [0.15, 0.2) is 0 Å². The van der Waals surface area contributed by atoms with Crippen LogP contribution >= 0.6 is 12.4 Å². The van der Waals surface area contributed by atoms with Crippen molar-refractivity contribution in [3.8, 4) is 0 Å². The standard InChI is InChI=1S/C12H24N2O.ClH/c1-3-9-14(10-4-2)12(15)11-7-5-6-8-13-11;/h11,13H,3-10H2,1-2H3;1H/t11-;/m0./s1. The molecule has 96 valence electrons. The Bertz CT molecular complexity index is 187. The van der Waals surface area contributed by atoms with Crippen molar-refractivity contribution in [2.75, 3.05) is 19.6 Å². The van der Waals surface area contributed by atoms with Crippen LogP contribution in [0.2, 0.25) is 0 Å². The smallest absolute Gasteiger partial charge is 0.239 e. The third kappa shape index (κ3) is 4.71. The van der Waals surface area contributed by atoms with E-state index >= 15 is 0 Å². The molecule has 1 aliphatic heterocycles. The first-order valence-corrected chi connectivity index (χ1v) is 6.31. The summed E-state index contributed by atoms with van der Waals surface area (Å²) >= 11 is 0. The van der Waals surface area contributed by atoms with E-state index in [4.69, 9.17) is 0 Å². The minimum Gasteiger partial charge on any atom is -0.341 e. The Morgan fingerprint density at radius 1 is 1.25 bits per heavy atom. The van der Waals surface area contributed by atoms with Crippen LogP contribution in [-0.2, 0) is 4.79 Å². The molecule has 1 amide bonds. The fourth-order valence-corrected chi connectivity index (χ4v) is 2.16. The van der Waals surface area contributed by atoms with Crippen LogP contribution in [0.5, 0.6) is 0 Å². The predicted octanol–water partition coefficient (Wildman–Crippen LogP) is 2.20. The molecule has 1 heterocycles. The van der Waals surface area contributed by atoms with Gasteiger partial charge in [-0.15, -0.1) is 12.4 Å². The van der Waals surface area contributed by atoms with Crippen molar-refractivity contribution >= 4 is 18.3 Å². The van der Waals surface area contributed by atoms with E-state index in [1.54, 1.807) is 0 Å². The van der Waals surface area contributed by atoms with Gasteiger partial charge in [-0.3, -0.25) is 4.79 Å². The first-order chi connectivity index (χ1) is 7.29. The molecule has 0 spiro atoms. The molecule has 0 aromatic carbocycles. The molecule has 1 atom stereocenters. The summed E-state index contributed by atoms with van der Waals surface area (Å²) in [6.07, 6.45) is 5.53. The quantitative estimate of drug-likeness (QED) is 0.809. The molecular weight excluding hydrogens is 224 g/mol. The molecule has 1 saturated heterocycles. The van der Waals surface area contributed by atoms with Gasteiger partial charge in [0.05, 0.1) is 6.04 Å². The van der Waals surface area contributed by atoms with Crippen molar-refractivity contribution in [2.24, 2.45) is 0 Å². The van der Waals surface area contributed by atoms with Crippen LogP contribution in [0, 0.1) is 0 Å². The Labute approximate surface area is 105 Å². The van der Waals surface area contributed by atoms with Gasteiger partial charge >= 0.3 is 0 Å². The van der Waals surface area contributed by atoms with Gasteiger partial charge in [0.1, 0.15) is 0 Å². The Morgan fingerprint density at radius 2 is 1.88 bits per heavy atom. The maximum absolute atomic E-state index is 12.1. The lowest BCUT2D eigenvalue weighted by atomic mass is 10.0. The van der Waals surface area contributed by atoms with E-state index in [0.29, 0.717) is 5.91 Å². The summed E-state index contributed by atoms with van der Waals surface area (Å²) in [6, 6.07) is 0.0943. The number of hydrogen-bond donors (Lipinski definition) is 1. The topological polar surface area (TPSA) is 32.3 Å². The molecule has 1 rings (SSSR count). The molecule has 0 unspecified atom stereocenters. The summed E-state index contributed by atoms with van der Waals surface area (Å²) < 4.78 is 0. The van der Waals surface area contributed by atoms with Crippen molar-refractivity contribution in [3.63, 3.8) is 0 Å². The maximum atomic E-state index is 12.1. The van der Waals surface area contributed by atoms with Crippen LogP contribution in [0.3, 0.4) is 0 Å². The van der Waals surface area contributed by atoms with Gasteiger partial charge in [-0.05, 0) is 32.2 Å². The highest BCUT2D eigenvalue weighted by atomic mass is 35.5. The van der Waals surface area contributed by atoms with Gasteiger partial charge in [-0.25, -0.2) is 0 Å². The number of halogens is 1. The first-order valence-electron chi connectivity index (χ1n) is 6.31. The average molecular weight is 249 g/mol. The lowest BCUT2D eigenvalue weighted by molar-refractivity contribution is -0.134. The van der Waals surface area contributed by atoms with Crippen LogP contribution in [0.4, 0.5) is 0 Å². The Morgan fingerprint density at radius 3 is 2.31 bits per heavy atom. The Hall–Kier alpha value is -0.280. The summed E-state index contributed by atoms with van der Waals surface area (Å²) in [4.78, 5) is 14.2. The third-order valence-electron chi connectivity index (χ3n) is 2.91. The number of carbonyl (C=O) groups is 1. The SMILES string of the molecule is CCCN(CCC)C(=O)[C@@H]1CCCCN1.Cl. The zero-order chi connectivity index (χ0) is 11.1. The van der Waals surface area contributed by atoms with Gasteiger partial charge in [0.25, 0.3) is 0 Å². The molecule has 1 N–H and O–H groups in total. The number of nitrogens with zero attached hydrogens (tertiary/aromatic N) is 1. The molecule has 4 heteroatoms. The molecule has 3 nitrogen and oxygen atoms in total. The van der Waals surface area contributed by atoms with Crippen molar-refractivity contribution in [3.05, 3.63) is 0 Å². The van der Waals surface area contributed by atoms with E-state index in [9.17, 15) is 4.79 Å². The average Bonchev–Trinajstić information content (AvgIpc) is 2.29. The summed E-state index contributed by atoms with van der Waals surface area (Å²) in [5.41, 5.74) is 0. The molecule has 0 aromatic rings. The molecule has 16 heavy (non-hydrogen) atoms. The maximum Gasteiger partial charge on any atom is 0.239 e. The summed E-state index contributed by atoms with van der Waals surface area (Å²) in [5, 5.41) is 3.32. The lowest BCUT2D eigenvalue weighted by Gasteiger charge is -2.29. The Kier molecular flexibility index (Phi) is 8.67. The second-order valence-corrected chi connectivity index (χ2v) is 4.33. The third-order valence-corrected chi connectivity index (χ3v) is 2.91. The summed E-state index contributed by atoms with van der Waals surface area (Å²) in [7, 11) is 0. The van der Waals surface area contributed by atoms with E-state index in [1.165, 1.54) is 12.8 Å². The predicted molar refractivity (Wildman–Crippen MR) is 70.1 cm³/mol. The van der Waals surface area contributed by atoms with Crippen molar-refractivity contribution in [2.45, 2.75) is 52.0 Å². The van der Waals surface area contributed by atoms with E-state index in [1.807, 2.05) is 4.90 Å². The second kappa shape index (κ2) is 8.82. The van der Waals surface area contributed by atoms with E-state index in [0.717, 1.165) is 38.9 Å². The number of amides is 1. The number of rotatable bonds is 5. The fourth-order valence-electron chi connectivity index (χ4n) is 2.16. The van der Waals surface area contributed by atoms with Crippen molar-refractivity contribution in [1.82, 2.24) is 10.2 Å². The number of hydrogen-bond acceptors (Lipinski definition) is 2. The minimum atomic E-state index is 0. The van der Waals surface area contributed by atoms with Gasteiger partial charge in [0.15, 0.2) is 0 Å². The van der Waals surface area contributed by atoms with Gasteiger partial charge < -0.3 is 10.2 Å². The van der Waals surface area contributed by atoms with Crippen molar-refractivity contribution < 1.29 is 4.79 Å². The molecule has 0 radical (unpaired) electrons. The van der Waals surface area contributed by atoms with E-state index in [-0.39, 0.29) is 18.4 Å². The van der Waals surface area contributed by atoms with Gasteiger partial charge in [-0.1, -0.05) is 20.3 Å². The first kappa shape index (κ1) is 15.7. The van der Waals surface area contributed by atoms with Crippen LogP contribution in [-0.4, -0.2) is 36.5 Å². The van der Waals surface area contributed by atoms with Crippen molar-refractivity contribution in [1.29, 1.82) is 0 Å². The number of piperidine rings is 1. The van der Waals surface area contributed by atoms with Gasteiger partial charge in [0, 0.05) is 13.1 Å². The molecule has 1 aliphatic rings. The number of carbonyl (C=O) groups excluding carboxylic acids is 1. The number of nitrogens with one attached hydrogen (secondary N) is 1. The Balaban J connectivity index is 0.00000225. The highest BCUT2D eigenvalue weighted by Gasteiger charge is 2.24. The summed E-state index contributed by atoms with van der Waals surface area (Å²) in [5.74, 6) is 0.318. The monoisotopic (exact) mass is 248 g/mol. The van der Waals surface area contributed by atoms with Gasteiger partial charge in [0.2, 0.25) is 5.91 Å². The summed E-state index contributed by atoms with van der Waals surface area (Å²) in [6.45, 7) is 7.08. The van der Waals surface area contributed by atoms with Gasteiger partial charge in [-0.2, -0.15) is 0 Å². The normalized spacial score (nSPS) is 20.0. The molecule has 1 fully saturated rings. The molecule has 0 bridgehead atoms.